The number of hydrogen-bond acceptors (Lipinski definition) is 5. The number of halogens is 1. The second-order valence-corrected chi connectivity index (χ2v) is 4.60. The van der Waals surface area contributed by atoms with Crippen LogP contribution < -0.4 is 27.7 Å². The van der Waals surface area contributed by atoms with E-state index in [2.05, 4.69) is 0 Å². The Bertz CT molecular complexity index is 588. The summed E-state index contributed by atoms with van der Waals surface area (Å²) in [4.78, 5) is 0. The Morgan fingerprint density at radius 2 is 1.00 bits per heavy atom. The lowest BCUT2D eigenvalue weighted by molar-refractivity contribution is 0.487. The molecule has 5 nitrogen and oxygen atoms in total. The molecule has 0 aliphatic rings. The van der Waals surface area contributed by atoms with Gasteiger partial charge in [-0.15, -0.1) is 12.4 Å². The number of rotatable bonds is 2. The van der Waals surface area contributed by atoms with Crippen LogP contribution in [-0.4, -0.2) is 0 Å². The molecule has 0 aliphatic carbocycles. The van der Waals surface area contributed by atoms with Crippen LogP contribution in [0, 0.1) is 13.8 Å². The molecule has 0 atom stereocenters. The summed E-state index contributed by atoms with van der Waals surface area (Å²) in [6.45, 7) is 3.78. The van der Waals surface area contributed by atoms with E-state index in [0.29, 0.717) is 34.2 Å². The zero-order chi connectivity index (χ0) is 14.2. The van der Waals surface area contributed by atoms with Gasteiger partial charge < -0.3 is 27.7 Å². The maximum atomic E-state index is 5.89. The molecule has 108 valence electrons. The van der Waals surface area contributed by atoms with Gasteiger partial charge in [-0.3, -0.25) is 0 Å². The highest BCUT2D eigenvalue weighted by Crippen LogP contribution is 2.35. The summed E-state index contributed by atoms with van der Waals surface area (Å²) in [6.07, 6.45) is 0. The van der Waals surface area contributed by atoms with Gasteiger partial charge in [0.2, 0.25) is 0 Å². The van der Waals surface area contributed by atoms with E-state index in [0.717, 1.165) is 11.1 Å². The summed E-state index contributed by atoms with van der Waals surface area (Å²) in [5, 5.41) is 0. The molecule has 0 radical (unpaired) electrons. The minimum absolute atomic E-state index is 0. The van der Waals surface area contributed by atoms with Crippen LogP contribution in [0.25, 0.3) is 0 Å². The fourth-order valence-electron chi connectivity index (χ4n) is 1.73. The van der Waals surface area contributed by atoms with Crippen molar-refractivity contribution in [2.24, 2.45) is 0 Å². The van der Waals surface area contributed by atoms with E-state index in [-0.39, 0.29) is 12.4 Å². The van der Waals surface area contributed by atoms with Gasteiger partial charge in [0.1, 0.15) is 0 Å². The molecule has 0 aliphatic heterocycles. The van der Waals surface area contributed by atoms with Gasteiger partial charge in [0.05, 0.1) is 11.4 Å². The minimum Gasteiger partial charge on any atom is -0.453 e. The Labute approximate surface area is 124 Å². The SMILES string of the molecule is Cc1cc(Oc2cc(C)c(N)cc2N)c(N)cc1N.Cl. The quantitative estimate of drug-likeness (QED) is 0.636. The number of aryl methyl sites for hydroxylation is 2. The van der Waals surface area contributed by atoms with E-state index in [1.807, 2.05) is 13.8 Å². The van der Waals surface area contributed by atoms with Crippen LogP contribution in [-0.2, 0) is 0 Å². The van der Waals surface area contributed by atoms with E-state index >= 15 is 0 Å². The van der Waals surface area contributed by atoms with E-state index in [1.54, 1.807) is 24.3 Å². The first kappa shape index (κ1) is 15.8. The second kappa shape index (κ2) is 5.79. The number of anilines is 4. The van der Waals surface area contributed by atoms with Gasteiger partial charge >= 0.3 is 0 Å². The maximum absolute atomic E-state index is 5.89. The van der Waals surface area contributed by atoms with Gasteiger partial charge in [-0.1, -0.05) is 0 Å². The number of benzene rings is 2. The summed E-state index contributed by atoms with van der Waals surface area (Å²) in [7, 11) is 0. The van der Waals surface area contributed by atoms with Gasteiger partial charge in [-0.2, -0.15) is 0 Å². The number of nitrogen functional groups attached to an aromatic ring is 4. The molecule has 0 saturated heterocycles. The second-order valence-electron chi connectivity index (χ2n) is 4.60. The standard InChI is InChI=1S/C14H18N4O.ClH/c1-7-3-13(11(17)5-9(7)15)19-14-4-8(2)10(16)6-12(14)18;/h3-6H,15-18H2,1-2H3;1H. The predicted molar refractivity (Wildman–Crippen MR) is 87.3 cm³/mol. The molecule has 8 N–H and O–H groups in total. The largest absolute Gasteiger partial charge is 0.453 e. The van der Waals surface area contributed by atoms with Gasteiger partial charge in [-0.05, 0) is 49.2 Å². The Balaban J connectivity index is 0.00000200. The van der Waals surface area contributed by atoms with Crippen molar-refractivity contribution in [1.29, 1.82) is 0 Å². The predicted octanol–water partition coefficient (Wildman–Crippen LogP) is 2.85. The third-order valence-electron chi connectivity index (χ3n) is 3.02. The van der Waals surface area contributed by atoms with Gasteiger partial charge in [0, 0.05) is 11.4 Å². The van der Waals surface area contributed by atoms with Crippen molar-refractivity contribution in [3.8, 4) is 11.5 Å². The summed E-state index contributed by atoms with van der Waals surface area (Å²) in [6, 6.07) is 6.92. The molecular formula is C14H19ClN4O. The molecular weight excluding hydrogens is 276 g/mol. The Hall–Kier alpha value is -2.27. The molecule has 0 spiro atoms. The number of hydrogen-bond donors (Lipinski definition) is 4. The number of nitrogens with two attached hydrogens (primary N) is 4. The molecule has 6 heteroatoms. The fraction of sp³-hybridized carbons (Fsp3) is 0.143. The first-order valence-electron chi connectivity index (χ1n) is 5.87. The van der Waals surface area contributed by atoms with Crippen molar-refractivity contribution in [1.82, 2.24) is 0 Å². The molecule has 20 heavy (non-hydrogen) atoms. The van der Waals surface area contributed by atoms with Gasteiger partial charge in [-0.25, -0.2) is 0 Å². The van der Waals surface area contributed by atoms with Crippen molar-refractivity contribution in [2.75, 3.05) is 22.9 Å². The molecule has 2 aromatic rings. The van der Waals surface area contributed by atoms with Crippen LogP contribution in [0.2, 0.25) is 0 Å². The van der Waals surface area contributed by atoms with Crippen molar-refractivity contribution >= 4 is 35.2 Å². The van der Waals surface area contributed by atoms with Crippen LogP contribution in [0.5, 0.6) is 11.5 Å². The molecule has 0 fully saturated rings. The van der Waals surface area contributed by atoms with Gasteiger partial charge in [0.15, 0.2) is 11.5 Å². The maximum Gasteiger partial charge on any atom is 0.150 e. The number of ether oxygens (including phenoxy) is 1. The first-order chi connectivity index (χ1) is 8.88. The highest BCUT2D eigenvalue weighted by atomic mass is 35.5. The molecule has 2 rings (SSSR count). The van der Waals surface area contributed by atoms with Crippen LogP contribution in [0.4, 0.5) is 22.7 Å². The smallest absolute Gasteiger partial charge is 0.150 e. The highest BCUT2D eigenvalue weighted by Gasteiger charge is 2.09. The van der Waals surface area contributed by atoms with Crippen molar-refractivity contribution in [2.45, 2.75) is 13.8 Å². The molecule has 0 aromatic heterocycles. The zero-order valence-electron chi connectivity index (χ0n) is 11.4. The Morgan fingerprint density at radius 1 is 0.650 bits per heavy atom. The topological polar surface area (TPSA) is 113 Å². The normalized spacial score (nSPS) is 9.90. The lowest BCUT2D eigenvalue weighted by atomic mass is 10.1. The van der Waals surface area contributed by atoms with Crippen LogP contribution in [0.15, 0.2) is 24.3 Å². The van der Waals surface area contributed by atoms with E-state index < -0.39 is 0 Å². The molecule has 0 bridgehead atoms. The van der Waals surface area contributed by atoms with E-state index in [1.165, 1.54) is 0 Å². The van der Waals surface area contributed by atoms with Crippen LogP contribution in [0.1, 0.15) is 11.1 Å². The molecule has 0 unspecified atom stereocenters. The molecule has 0 amide bonds. The third-order valence-corrected chi connectivity index (χ3v) is 3.02. The van der Waals surface area contributed by atoms with Gasteiger partial charge in [0.25, 0.3) is 0 Å². The van der Waals surface area contributed by atoms with E-state index in [9.17, 15) is 0 Å². The lowest BCUT2D eigenvalue weighted by Crippen LogP contribution is -2.00. The summed E-state index contributed by atoms with van der Waals surface area (Å²) in [5.74, 6) is 1.06. The Morgan fingerprint density at radius 3 is 1.35 bits per heavy atom. The average molecular weight is 295 g/mol. The monoisotopic (exact) mass is 294 g/mol. The van der Waals surface area contributed by atoms with Crippen molar-refractivity contribution in [3.63, 3.8) is 0 Å². The lowest BCUT2D eigenvalue weighted by Gasteiger charge is -2.14. The molecule has 0 heterocycles. The Kier molecular flexibility index (Phi) is 4.57. The summed E-state index contributed by atoms with van der Waals surface area (Å²) in [5.41, 5.74) is 27.3. The zero-order valence-corrected chi connectivity index (χ0v) is 12.3. The third kappa shape index (κ3) is 3.00. The van der Waals surface area contributed by atoms with E-state index in [4.69, 9.17) is 27.7 Å². The van der Waals surface area contributed by atoms with Crippen molar-refractivity contribution in [3.05, 3.63) is 35.4 Å². The average Bonchev–Trinajstić information content (AvgIpc) is 2.32. The summed E-state index contributed by atoms with van der Waals surface area (Å²) >= 11 is 0. The summed E-state index contributed by atoms with van der Waals surface area (Å²) < 4.78 is 5.75. The minimum atomic E-state index is 0. The molecule has 2 aromatic carbocycles. The molecule has 0 saturated carbocycles. The first-order valence-corrected chi connectivity index (χ1v) is 5.87. The highest BCUT2D eigenvalue weighted by molar-refractivity contribution is 5.85. The van der Waals surface area contributed by atoms with Crippen molar-refractivity contribution < 1.29 is 4.74 Å². The fourth-order valence-corrected chi connectivity index (χ4v) is 1.73. The van der Waals surface area contributed by atoms with Crippen LogP contribution in [0.3, 0.4) is 0 Å². The van der Waals surface area contributed by atoms with Crippen LogP contribution >= 0.6 is 12.4 Å².